The molecule has 1 aromatic carbocycles. The Hall–Kier alpha value is -1.29. The minimum atomic E-state index is 0.720. The van der Waals surface area contributed by atoms with Crippen LogP contribution in [0.3, 0.4) is 0 Å². The first-order valence-corrected chi connectivity index (χ1v) is 7.74. The van der Waals surface area contributed by atoms with Crippen LogP contribution in [0.5, 0.6) is 0 Å². The normalized spacial score (nSPS) is 24.7. The van der Waals surface area contributed by atoms with Gasteiger partial charge in [-0.25, -0.2) is 0 Å². The Kier molecular flexibility index (Phi) is 5.02. The summed E-state index contributed by atoms with van der Waals surface area (Å²) in [4.78, 5) is 0. The predicted molar refractivity (Wildman–Crippen MR) is 79.9 cm³/mol. The number of hydrogen-bond acceptors (Lipinski definition) is 1. The molecule has 0 aromatic heterocycles. The van der Waals surface area contributed by atoms with Crippen molar-refractivity contribution in [2.45, 2.75) is 58.3 Å². The molecule has 0 spiro atoms. The molecule has 1 fully saturated rings. The predicted octanol–water partition coefficient (Wildman–Crippen LogP) is 5.27. The number of nitrogens with zero attached hydrogens (tertiary/aromatic N) is 1. The fraction of sp³-hybridized carbons (Fsp3) is 0.611. The van der Waals surface area contributed by atoms with Crippen molar-refractivity contribution in [3.8, 4) is 6.07 Å². The molecule has 1 atom stereocenters. The highest BCUT2D eigenvalue weighted by Gasteiger charge is 2.25. The summed E-state index contributed by atoms with van der Waals surface area (Å²) in [5.74, 6) is 2.55. The van der Waals surface area contributed by atoms with E-state index in [1.165, 1.54) is 44.1 Å². The highest BCUT2D eigenvalue weighted by molar-refractivity contribution is 5.33. The van der Waals surface area contributed by atoms with Crippen LogP contribution in [0.15, 0.2) is 24.3 Å². The third-order valence-electron chi connectivity index (χ3n) is 4.83. The molecular weight excluding hydrogens is 230 g/mol. The summed E-state index contributed by atoms with van der Waals surface area (Å²) in [5.41, 5.74) is 2.20. The van der Waals surface area contributed by atoms with Gasteiger partial charge in [-0.05, 0) is 61.1 Å². The highest BCUT2D eigenvalue weighted by atomic mass is 14.3. The SMILES string of the molecule is CCCC(C)C1CCC(c2ccc(C#N)cc2)CC1. The van der Waals surface area contributed by atoms with Crippen LogP contribution in [0.4, 0.5) is 0 Å². The third-order valence-corrected chi connectivity index (χ3v) is 4.83. The van der Waals surface area contributed by atoms with Gasteiger partial charge in [0.15, 0.2) is 0 Å². The quantitative estimate of drug-likeness (QED) is 0.719. The van der Waals surface area contributed by atoms with E-state index in [1.807, 2.05) is 12.1 Å². The second-order valence-corrected chi connectivity index (χ2v) is 6.11. The van der Waals surface area contributed by atoms with Gasteiger partial charge in [0.2, 0.25) is 0 Å². The van der Waals surface area contributed by atoms with Crippen molar-refractivity contribution in [3.05, 3.63) is 35.4 Å². The lowest BCUT2D eigenvalue weighted by Gasteiger charge is -2.32. The van der Waals surface area contributed by atoms with Gasteiger partial charge in [-0.1, -0.05) is 38.8 Å². The average molecular weight is 255 g/mol. The molecule has 0 radical (unpaired) electrons. The van der Waals surface area contributed by atoms with E-state index < -0.39 is 0 Å². The maximum Gasteiger partial charge on any atom is 0.0991 e. The number of hydrogen-bond donors (Lipinski definition) is 0. The zero-order valence-electron chi connectivity index (χ0n) is 12.2. The minimum Gasteiger partial charge on any atom is -0.192 e. The molecule has 102 valence electrons. The Labute approximate surface area is 117 Å². The summed E-state index contributed by atoms with van der Waals surface area (Å²) >= 11 is 0. The Morgan fingerprint density at radius 2 is 1.79 bits per heavy atom. The van der Waals surface area contributed by atoms with E-state index in [0.29, 0.717) is 0 Å². The second kappa shape index (κ2) is 6.75. The van der Waals surface area contributed by atoms with Gasteiger partial charge in [0.25, 0.3) is 0 Å². The first kappa shape index (κ1) is 14.1. The van der Waals surface area contributed by atoms with Crippen molar-refractivity contribution in [3.63, 3.8) is 0 Å². The lowest BCUT2D eigenvalue weighted by atomic mass is 9.73. The van der Waals surface area contributed by atoms with Gasteiger partial charge < -0.3 is 0 Å². The van der Waals surface area contributed by atoms with Crippen molar-refractivity contribution in [2.24, 2.45) is 11.8 Å². The van der Waals surface area contributed by atoms with Gasteiger partial charge in [-0.3, -0.25) is 0 Å². The number of benzene rings is 1. The first-order chi connectivity index (χ1) is 9.24. The van der Waals surface area contributed by atoms with Crippen molar-refractivity contribution in [1.82, 2.24) is 0 Å². The van der Waals surface area contributed by atoms with Crippen LogP contribution < -0.4 is 0 Å². The van der Waals surface area contributed by atoms with Gasteiger partial charge in [-0.15, -0.1) is 0 Å². The Morgan fingerprint density at radius 3 is 2.32 bits per heavy atom. The van der Waals surface area contributed by atoms with Crippen LogP contribution in [-0.4, -0.2) is 0 Å². The molecule has 1 unspecified atom stereocenters. The zero-order chi connectivity index (χ0) is 13.7. The molecule has 2 rings (SSSR count). The van der Waals surface area contributed by atoms with E-state index in [9.17, 15) is 0 Å². The minimum absolute atomic E-state index is 0.720. The fourth-order valence-corrected chi connectivity index (χ4v) is 3.54. The Balaban J connectivity index is 1.90. The largest absolute Gasteiger partial charge is 0.192 e. The van der Waals surface area contributed by atoms with Crippen LogP contribution in [0.1, 0.15) is 69.4 Å². The summed E-state index contributed by atoms with van der Waals surface area (Å²) in [6.07, 6.45) is 8.11. The molecule has 1 aliphatic carbocycles. The van der Waals surface area contributed by atoms with E-state index in [2.05, 4.69) is 32.0 Å². The standard InChI is InChI=1S/C18H25N/c1-3-4-14(2)16-9-11-18(12-10-16)17-7-5-15(13-19)6-8-17/h5-8,14,16,18H,3-4,9-12H2,1-2H3. The highest BCUT2D eigenvalue weighted by Crippen LogP contribution is 2.39. The van der Waals surface area contributed by atoms with Crippen LogP contribution in [0.2, 0.25) is 0 Å². The molecule has 1 saturated carbocycles. The van der Waals surface area contributed by atoms with Gasteiger partial charge in [0.05, 0.1) is 11.6 Å². The summed E-state index contributed by atoms with van der Waals surface area (Å²) in [6.45, 7) is 4.72. The van der Waals surface area contributed by atoms with Crippen LogP contribution in [-0.2, 0) is 0 Å². The van der Waals surface area contributed by atoms with Crippen LogP contribution >= 0.6 is 0 Å². The van der Waals surface area contributed by atoms with Gasteiger partial charge in [-0.2, -0.15) is 5.26 Å². The van der Waals surface area contributed by atoms with Gasteiger partial charge in [0.1, 0.15) is 0 Å². The second-order valence-electron chi connectivity index (χ2n) is 6.11. The Bertz CT molecular complexity index is 418. The van der Waals surface area contributed by atoms with Gasteiger partial charge >= 0.3 is 0 Å². The van der Waals surface area contributed by atoms with Crippen molar-refractivity contribution >= 4 is 0 Å². The summed E-state index contributed by atoms with van der Waals surface area (Å²) in [5, 5.41) is 8.84. The molecule has 0 heterocycles. The molecule has 1 aliphatic rings. The zero-order valence-corrected chi connectivity index (χ0v) is 12.2. The number of rotatable bonds is 4. The monoisotopic (exact) mass is 255 g/mol. The van der Waals surface area contributed by atoms with Crippen LogP contribution in [0, 0.1) is 23.2 Å². The molecule has 0 saturated heterocycles. The molecule has 1 heteroatoms. The molecule has 0 bridgehead atoms. The van der Waals surface area contributed by atoms with E-state index in [1.54, 1.807) is 0 Å². The molecule has 0 N–H and O–H groups in total. The van der Waals surface area contributed by atoms with Gasteiger partial charge in [0, 0.05) is 0 Å². The summed E-state index contributed by atoms with van der Waals surface area (Å²) < 4.78 is 0. The van der Waals surface area contributed by atoms with E-state index in [-0.39, 0.29) is 0 Å². The van der Waals surface area contributed by atoms with E-state index >= 15 is 0 Å². The van der Waals surface area contributed by atoms with Crippen molar-refractivity contribution in [1.29, 1.82) is 5.26 Å². The topological polar surface area (TPSA) is 23.8 Å². The smallest absolute Gasteiger partial charge is 0.0991 e. The maximum absolute atomic E-state index is 8.84. The van der Waals surface area contributed by atoms with E-state index in [4.69, 9.17) is 5.26 Å². The molecular formula is C18H25N. The molecule has 19 heavy (non-hydrogen) atoms. The molecule has 0 aliphatic heterocycles. The van der Waals surface area contributed by atoms with E-state index in [0.717, 1.165) is 23.3 Å². The van der Waals surface area contributed by atoms with Crippen LogP contribution in [0.25, 0.3) is 0 Å². The lowest BCUT2D eigenvalue weighted by molar-refractivity contribution is 0.235. The Morgan fingerprint density at radius 1 is 1.16 bits per heavy atom. The molecule has 1 aromatic rings. The molecule has 0 amide bonds. The average Bonchev–Trinajstić information content (AvgIpc) is 2.48. The van der Waals surface area contributed by atoms with Crippen molar-refractivity contribution in [2.75, 3.05) is 0 Å². The van der Waals surface area contributed by atoms with Crippen molar-refractivity contribution < 1.29 is 0 Å². The first-order valence-electron chi connectivity index (χ1n) is 7.74. The maximum atomic E-state index is 8.84. The fourth-order valence-electron chi connectivity index (χ4n) is 3.54. The third kappa shape index (κ3) is 3.60. The molecule has 1 nitrogen and oxygen atoms in total. The summed E-state index contributed by atoms with van der Waals surface area (Å²) in [6, 6.07) is 10.4. The summed E-state index contributed by atoms with van der Waals surface area (Å²) in [7, 11) is 0. The number of nitriles is 1. The lowest BCUT2D eigenvalue weighted by Crippen LogP contribution is -2.19.